The molecule has 8 nitrogen and oxygen atoms in total. The van der Waals surface area contributed by atoms with Crippen LogP contribution in [-0.2, 0) is 27.3 Å². The average Bonchev–Trinajstić information content (AvgIpc) is 3.30. The highest BCUT2D eigenvalue weighted by molar-refractivity contribution is 6.87. The predicted molar refractivity (Wildman–Crippen MR) is 284 cm³/mol. The van der Waals surface area contributed by atoms with Crippen LogP contribution in [0.4, 0.5) is 0 Å². The van der Waals surface area contributed by atoms with Gasteiger partial charge in [-0.3, -0.25) is 0 Å². The Hall–Kier alpha value is -2.97. The first-order valence-electron chi connectivity index (χ1n) is 26.6. The van der Waals surface area contributed by atoms with Crippen LogP contribution in [0.15, 0.2) is 73.8 Å². The Labute approximate surface area is 411 Å². The lowest BCUT2D eigenvalue weighted by atomic mass is 9.77. The molecule has 0 unspecified atom stereocenters. The van der Waals surface area contributed by atoms with Crippen LogP contribution < -0.4 is 9.47 Å². The quantitative estimate of drug-likeness (QED) is 0.0297. The van der Waals surface area contributed by atoms with Gasteiger partial charge in [-0.25, -0.2) is 9.59 Å². The van der Waals surface area contributed by atoms with Gasteiger partial charge in [0.2, 0.25) is 0 Å². The van der Waals surface area contributed by atoms with E-state index in [9.17, 15) is 9.59 Å². The van der Waals surface area contributed by atoms with Crippen molar-refractivity contribution < 1.29 is 36.8 Å². The molecule has 376 valence electrons. The van der Waals surface area contributed by atoms with Crippen LogP contribution >= 0.6 is 0 Å². The molecule has 2 aromatic carbocycles. The van der Waals surface area contributed by atoms with E-state index < -0.39 is 25.2 Å². The van der Waals surface area contributed by atoms with Gasteiger partial charge >= 0.3 is 20.5 Å². The zero-order valence-corrected chi connectivity index (χ0v) is 46.1. The van der Waals surface area contributed by atoms with E-state index in [2.05, 4.69) is 101 Å². The summed E-state index contributed by atoms with van der Waals surface area (Å²) in [5.41, 5.74) is 2.92. The van der Waals surface area contributed by atoms with E-state index in [4.69, 9.17) is 27.2 Å². The van der Waals surface area contributed by atoms with Gasteiger partial charge in [0.05, 0.1) is 26.4 Å². The molecule has 0 saturated heterocycles. The second kappa shape index (κ2) is 30.6. The molecule has 0 heterocycles. The van der Waals surface area contributed by atoms with Gasteiger partial charge in [-0.15, -0.1) is 0 Å². The van der Waals surface area contributed by atoms with Crippen LogP contribution in [-0.4, -0.2) is 63.6 Å². The van der Waals surface area contributed by atoms with Crippen molar-refractivity contribution in [2.75, 3.05) is 26.4 Å². The molecule has 2 aromatic rings. The zero-order valence-electron chi connectivity index (χ0n) is 43.1. The number of esters is 2. The van der Waals surface area contributed by atoms with Crippen molar-refractivity contribution in [1.29, 1.82) is 0 Å². The maximum Gasteiger partial charge on any atom is 0.330 e. The molecule has 67 heavy (non-hydrogen) atoms. The van der Waals surface area contributed by atoms with Gasteiger partial charge in [-0.2, -0.15) is 0 Å². The lowest BCUT2D eigenvalue weighted by Gasteiger charge is -2.38. The van der Waals surface area contributed by atoms with Crippen molar-refractivity contribution in [1.82, 2.24) is 0 Å². The minimum atomic E-state index is -2.27. The van der Waals surface area contributed by atoms with Gasteiger partial charge in [0, 0.05) is 12.2 Å². The summed E-state index contributed by atoms with van der Waals surface area (Å²) in [5, 5.41) is 0. The van der Waals surface area contributed by atoms with Crippen LogP contribution in [0, 0.1) is 11.8 Å². The molecule has 4 rings (SSSR count). The third-order valence-electron chi connectivity index (χ3n) is 14.2. The Morgan fingerprint density at radius 2 is 0.821 bits per heavy atom. The lowest BCUT2D eigenvalue weighted by Crippen LogP contribution is -2.52. The number of unbranched alkanes of at least 4 members (excludes halogenated alkanes) is 8. The molecule has 0 aliphatic heterocycles. The third-order valence-corrected chi connectivity index (χ3v) is 25.6. The first-order valence-corrected chi connectivity index (χ1v) is 35.6. The summed E-state index contributed by atoms with van der Waals surface area (Å²) in [6.45, 7) is 23.3. The molecule has 0 spiro atoms. The molecule has 0 bridgehead atoms. The van der Waals surface area contributed by atoms with Gasteiger partial charge in [0.1, 0.15) is 11.5 Å². The van der Waals surface area contributed by atoms with E-state index in [0.717, 1.165) is 100 Å². The molecule has 2 fully saturated rings. The summed E-state index contributed by atoms with van der Waals surface area (Å²) in [4.78, 5) is 22.3. The van der Waals surface area contributed by atoms with Gasteiger partial charge in [-0.1, -0.05) is 102 Å². The fourth-order valence-corrected chi connectivity index (χ4v) is 24.8. The van der Waals surface area contributed by atoms with E-state index >= 15 is 0 Å². The minimum Gasteiger partial charge on any atom is -0.494 e. The maximum absolute atomic E-state index is 11.1. The van der Waals surface area contributed by atoms with E-state index in [1.165, 1.54) is 113 Å². The van der Waals surface area contributed by atoms with E-state index in [0.29, 0.717) is 25.0 Å². The number of ether oxygens (including phenoxy) is 4. The highest BCUT2D eigenvalue weighted by Gasteiger charge is 2.39. The average molecular weight is 978 g/mol. The summed E-state index contributed by atoms with van der Waals surface area (Å²) < 4.78 is 36.4. The summed E-state index contributed by atoms with van der Waals surface area (Å²) >= 11 is 0. The molecule has 0 atom stereocenters. The van der Waals surface area contributed by atoms with Crippen LogP contribution in [0.2, 0.25) is 51.4 Å². The Kier molecular flexibility index (Phi) is 25.9. The highest BCUT2D eigenvalue weighted by atomic mass is 28.5. The van der Waals surface area contributed by atoms with Gasteiger partial charge in [0.25, 0.3) is 0 Å². The smallest absolute Gasteiger partial charge is 0.330 e. The van der Waals surface area contributed by atoms with E-state index in [1.54, 1.807) is 0 Å². The molecule has 0 radical (unpaired) electrons. The summed E-state index contributed by atoms with van der Waals surface area (Å²) in [6.07, 6.45) is 29.0. The van der Waals surface area contributed by atoms with Crippen LogP contribution in [0.1, 0.15) is 164 Å². The molecule has 2 saturated carbocycles. The Morgan fingerprint density at radius 3 is 1.18 bits per heavy atom. The van der Waals surface area contributed by atoms with Crippen molar-refractivity contribution in [2.24, 2.45) is 11.8 Å². The first-order chi connectivity index (χ1) is 32.2. The summed E-state index contributed by atoms with van der Waals surface area (Å²) in [7, 11) is -6.02. The van der Waals surface area contributed by atoms with Crippen molar-refractivity contribution >= 4 is 37.1 Å². The summed E-state index contributed by atoms with van der Waals surface area (Å²) in [5.74, 6) is 4.37. The topological polar surface area (TPSA) is 89.5 Å². The lowest BCUT2D eigenvalue weighted by molar-refractivity contribution is -0.138. The van der Waals surface area contributed by atoms with Gasteiger partial charge in [-0.05, 0) is 187 Å². The molecule has 2 aliphatic rings. The largest absolute Gasteiger partial charge is 0.494 e. The van der Waals surface area contributed by atoms with Crippen molar-refractivity contribution in [3.05, 3.63) is 85.0 Å². The Morgan fingerprint density at radius 1 is 0.478 bits per heavy atom. The molecule has 0 N–H and O–H groups in total. The van der Waals surface area contributed by atoms with Crippen molar-refractivity contribution in [3.8, 4) is 11.5 Å². The summed E-state index contributed by atoms with van der Waals surface area (Å²) in [6, 6.07) is 20.1. The van der Waals surface area contributed by atoms with Crippen LogP contribution in [0.3, 0.4) is 0 Å². The fourth-order valence-electron chi connectivity index (χ4n) is 10.6. The molecular formula is C56H92O8Si3. The van der Waals surface area contributed by atoms with Gasteiger partial charge < -0.3 is 27.2 Å². The molecular weight excluding hydrogens is 885 g/mol. The number of rotatable bonds is 34. The van der Waals surface area contributed by atoms with Gasteiger partial charge in [0.15, 0.2) is 16.6 Å². The number of hydrogen-bond acceptors (Lipinski definition) is 8. The molecule has 0 aromatic heterocycles. The number of carbonyl (C=O) groups is 2. The fraction of sp³-hybridized carbons (Fsp3) is 0.679. The first kappa shape index (κ1) is 56.6. The Balaban J connectivity index is 1.00. The normalized spacial score (nSPS) is 19.1. The minimum absolute atomic E-state index is 0.318. The van der Waals surface area contributed by atoms with E-state index in [-0.39, 0.29) is 11.9 Å². The number of benzene rings is 2. The molecule has 2 aliphatic carbocycles. The molecule has 0 amide bonds. The van der Waals surface area contributed by atoms with Crippen molar-refractivity contribution in [2.45, 2.75) is 204 Å². The standard InChI is InChI=1S/C56H92O8Si3/c1-9-55(57)61-43-17-13-11-15-23-47-25-29-49(30-26-47)51-33-37-53(38-34-51)59-41-19-21-45-65(3,4)63-67(7,8)64-66(5,6)46-22-20-42-60-54-39-35-52(36-40-54)50-31-27-48(28-32-50)24-16-12-14-18-44-62-56(58)10-2/h9-10,33-40,47-50H,1-2,11-32,41-46H2,3-8H3. The van der Waals surface area contributed by atoms with Crippen LogP contribution in [0.5, 0.6) is 11.5 Å². The molecule has 11 heteroatoms. The SMILES string of the molecule is C=CC(=O)OCCCCCCC1CCC(c2ccc(OCCCC[Si](C)(C)O[Si](C)(C)O[Si](C)(C)CCCCOc3ccc(C4CCC(CCCCCCOC(=O)C=C)CC4)cc3)cc2)CC1. The van der Waals surface area contributed by atoms with Crippen molar-refractivity contribution in [3.63, 3.8) is 0 Å². The second-order valence-corrected chi connectivity index (χ2v) is 33.9. The highest BCUT2D eigenvalue weighted by Crippen LogP contribution is 2.40. The zero-order chi connectivity index (χ0) is 48.4. The second-order valence-electron chi connectivity index (χ2n) is 21.5. The Bertz CT molecular complexity index is 1570. The number of carbonyl (C=O) groups excluding carboxylic acids is 2. The van der Waals surface area contributed by atoms with E-state index in [1.807, 2.05) is 0 Å². The maximum atomic E-state index is 11.1. The van der Waals surface area contributed by atoms with Crippen LogP contribution in [0.25, 0.3) is 0 Å². The third kappa shape index (κ3) is 23.9. The monoisotopic (exact) mass is 977 g/mol. The number of hydrogen-bond donors (Lipinski definition) is 0. The predicted octanol–water partition coefficient (Wildman–Crippen LogP) is 15.8.